The van der Waals surface area contributed by atoms with E-state index < -0.39 is 0 Å². The molecule has 0 nitrogen and oxygen atoms in total. The van der Waals surface area contributed by atoms with Crippen molar-refractivity contribution in [3.8, 4) is 0 Å². The number of allylic oxidation sites excluding steroid dienone is 2. The molecule has 0 unspecified atom stereocenters. The average molecular weight is 417 g/mol. The predicted octanol–water partition coefficient (Wildman–Crippen LogP) is 5.13. The lowest BCUT2D eigenvalue weighted by atomic mass is 10.1. The van der Waals surface area contributed by atoms with E-state index in [1.807, 2.05) is 0 Å². The highest BCUT2D eigenvalue weighted by Gasteiger charge is 1.82. The van der Waals surface area contributed by atoms with Gasteiger partial charge in [-0.25, -0.2) is 0 Å². The summed E-state index contributed by atoms with van der Waals surface area (Å²) >= 11 is 5.18. The smallest absolute Gasteiger partial charge is 0.276 e. The van der Waals surface area contributed by atoms with Crippen molar-refractivity contribution >= 4 is 50.3 Å². The zero-order chi connectivity index (χ0) is 10.4. The van der Waals surface area contributed by atoms with Crippen LogP contribution in [0.1, 0.15) is 45.4 Å². The van der Waals surface area contributed by atoms with Crippen molar-refractivity contribution in [2.45, 2.75) is 45.4 Å². The van der Waals surface area contributed by atoms with Crippen molar-refractivity contribution in [3.05, 3.63) is 19.1 Å². The summed E-state index contributed by atoms with van der Waals surface area (Å²) in [7, 11) is 0. The van der Waals surface area contributed by atoms with E-state index >= 15 is 0 Å². The Labute approximate surface area is 113 Å². The lowest BCUT2D eigenvalue weighted by molar-refractivity contribution is 0.674. The van der Waals surface area contributed by atoms with Gasteiger partial charge in [0.2, 0.25) is 0 Å². The second kappa shape index (κ2) is 19.5. The van der Waals surface area contributed by atoms with Gasteiger partial charge in [0.25, 0.3) is 0 Å². The summed E-state index contributed by atoms with van der Waals surface area (Å²) < 4.78 is 0. The normalized spacial score (nSPS) is 9.23. The van der Waals surface area contributed by atoms with E-state index in [4.69, 9.17) is 0 Å². The van der Waals surface area contributed by atoms with Crippen LogP contribution < -0.4 is 0 Å². The lowest BCUT2D eigenvalue weighted by Gasteiger charge is -1.92. The summed E-state index contributed by atoms with van der Waals surface area (Å²) in [6.45, 7) is 5.97. The molecule has 0 atom stereocenters. The van der Waals surface area contributed by atoms with Crippen LogP contribution in [-0.4, -0.2) is 12.6 Å². The molecule has 13 heavy (non-hydrogen) atoms. The molecule has 0 aliphatic carbocycles. The Morgan fingerprint density at radius 2 is 1.77 bits per heavy atom. The summed E-state index contributed by atoms with van der Waals surface area (Å²) in [4.78, 5) is 0. The number of rotatable bonds is 6. The fourth-order valence-corrected chi connectivity index (χ4v) is 0.925. The summed E-state index contributed by atoms with van der Waals surface area (Å²) in [5, 5.41) is 0. The van der Waals surface area contributed by atoms with Crippen LogP contribution in [0.3, 0.4) is 0 Å². The van der Waals surface area contributed by atoms with Crippen molar-refractivity contribution < 1.29 is 0 Å². The maximum atomic E-state index is 3.73. The van der Waals surface area contributed by atoms with Crippen LogP contribution in [0.2, 0.25) is 0 Å². The Kier molecular flexibility index (Phi) is 26.1. The maximum absolute atomic E-state index is 3.73. The zero-order valence-electron chi connectivity index (χ0n) is 8.57. The van der Waals surface area contributed by atoms with Crippen molar-refractivity contribution in [2.75, 3.05) is 0 Å². The van der Waals surface area contributed by atoms with Gasteiger partial charge in [-0.05, 0) is 26.2 Å². The highest BCUT2D eigenvalue weighted by molar-refractivity contribution is 14.3. The molecule has 0 N–H and O–H groups in total. The first-order valence-corrected chi connectivity index (χ1v) is 15.1. The van der Waals surface area contributed by atoms with E-state index in [9.17, 15) is 0 Å². The molecule has 1 radical (unpaired) electrons. The topological polar surface area (TPSA) is 0 Å². The molecule has 0 heterocycles. The van der Waals surface area contributed by atoms with Crippen molar-refractivity contribution in [1.82, 2.24) is 0 Å². The summed E-state index contributed by atoms with van der Waals surface area (Å²) in [5.74, 6) is 0. The van der Waals surface area contributed by atoms with Gasteiger partial charge in [0.1, 0.15) is 0 Å². The van der Waals surface area contributed by atoms with Gasteiger partial charge in [-0.15, -0.1) is 0 Å². The number of hydrogen-bond acceptors (Lipinski definition) is 0. The van der Waals surface area contributed by atoms with Gasteiger partial charge in [-0.3, -0.25) is 37.7 Å². The van der Waals surface area contributed by atoms with Gasteiger partial charge in [-0.2, -0.15) is 0 Å². The molecule has 0 aromatic heterocycles. The molecular formula is C10H19I2Mg. The quantitative estimate of drug-likeness (QED) is 0.243. The first-order chi connectivity index (χ1) is 6.33. The second-order valence-corrected chi connectivity index (χ2v) is 16.2. The third-order valence-corrected chi connectivity index (χ3v) is 1.56. The van der Waals surface area contributed by atoms with Crippen molar-refractivity contribution in [3.63, 3.8) is 0 Å². The summed E-state index contributed by atoms with van der Waals surface area (Å²) in [6, 6.07) is 0. The van der Waals surface area contributed by atoms with Crippen LogP contribution in [0.5, 0.6) is 0 Å². The second-order valence-electron chi connectivity index (χ2n) is 2.71. The molecular weight excluding hydrogens is 398 g/mol. The molecule has 0 amide bonds. The molecule has 0 aromatic carbocycles. The molecule has 0 aliphatic heterocycles. The molecule has 0 bridgehead atoms. The largest absolute Gasteiger partial charge is 0.552 e. The van der Waals surface area contributed by atoms with Crippen LogP contribution in [0.15, 0.2) is 12.2 Å². The van der Waals surface area contributed by atoms with E-state index in [0.29, 0.717) is 12.6 Å². The van der Waals surface area contributed by atoms with E-state index in [0.717, 1.165) is 6.42 Å². The number of hydrogen-bond donors (Lipinski definition) is 0. The third kappa shape index (κ3) is 24.9. The first kappa shape index (κ1) is 17.4. The molecule has 0 saturated heterocycles. The van der Waals surface area contributed by atoms with Crippen molar-refractivity contribution in [1.29, 1.82) is 0 Å². The lowest BCUT2D eigenvalue weighted by Crippen LogP contribution is -1.73. The van der Waals surface area contributed by atoms with Crippen LogP contribution in [0, 0.1) is 6.92 Å². The first-order valence-electron chi connectivity index (χ1n) is 4.89. The standard InChI is InChI=1S/C10H19.2HI.Mg/c1-3-5-7-9-10-8-6-4-2;;;/h5,7H,1,3-4,6,8-10H2,2H3;2*1H;/q;;;+2/p-2/b7-5-;;;. The molecule has 0 saturated carbocycles. The van der Waals surface area contributed by atoms with E-state index in [1.54, 1.807) is 0 Å². The summed E-state index contributed by atoms with van der Waals surface area (Å²) in [5.41, 5.74) is 0. The van der Waals surface area contributed by atoms with Gasteiger partial charge < -0.3 is 0 Å². The van der Waals surface area contributed by atoms with E-state index in [-0.39, 0.29) is 0 Å². The number of halogens is 2. The Morgan fingerprint density at radius 3 is 2.23 bits per heavy atom. The molecule has 0 fully saturated rings. The summed E-state index contributed by atoms with van der Waals surface area (Å²) in [6.07, 6.45) is 12.0. The van der Waals surface area contributed by atoms with Crippen LogP contribution in [-0.2, 0) is 0 Å². The highest BCUT2D eigenvalue weighted by atomic mass is 127. The Hall–Kier alpha value is 1.97. The fraction of sp³-hybridized carbons (Fsp3) is 0.700. The number of unbranched alkanes of at least 4 members (excludes halogenated alkanes) is 4. The maximum Gasteiger partial charge on any atom is 0.552 e. The van der Waals surface area contributed by atoms with Gasteiger partial charge in [0.05, 0.1) is 0 Å². The SMILES string of the molecule is [CH2]C/C=C\CCCCCC.[I][Mg][I]. The Bertz CT molecular complexity index is 94.9. The fourth-order valence-electron chi connectivity index (χ4n) is 0.925. The van der Waals surface area contributed by atoms with Gasteiger partial charge in [0.15, 0.2) is 0 Å². The minimum Gasteiger partial charge on any atom is -0.276 e. The zero-order valence-corrected chi connectivity index (χ0v) is 14.3. The molecule has 3 heteroatoms. The van der Waals surface area contributed by atoms with Gasteiger partial charge in [-0.1, -0.05) is 38.3 Å². The average Bonchev–Trinajstić information content (AvgIpc) is 2.13. The molecule has 0 aromatic rings. The van der Waals surface area contributed by atoms with Crippen LogP contribution in [0.4, 0.5) is 0 Å². The van der Waals surface area contributed by atoms with Crippen LogP contribution >= 0.6 is 37.7 Å². The van der Waals surface area contributed by atoms with E-state index in [2.05, 4.69) is 63.7 Å². The molecule has 0 aliphatic rings. The van der Waals surface area contributed by atoms with Crippen molar-refractivity contribution in [2.24, 2.45) is 0 Å². The molecule has 0 spiro atoms. The Morgan fingerprint density at radius 1 is 1.15 bits per heavy atom. The minimum atomic E-state index is 0.357. The highest BCUT2D eigenvalue weighted by Crippen LogP contribution is 2.02. The van der Waals surface area contributed by atoms with Gasteiger partial charge >= 0.3 is 12.6 Å². The molecule has 0 rings (SSSR count). The van der Waals surface area contributed by atoms with Crippen LogP contribution in [0.25, 0.3) is 0 Å². The minimum absolute atomic E-state index is 0.357. The predicted molar refractivity (Wildman–Crippen MR) is 81.7 cm³/mol. The van der Waals surface area contributed by atoms with Gasteiger partial charge in [0, 0.05) is 0 Å². The monoisotopic (exact) mass is 417 g/mol. The third-order valence-electron chi connectivity index (χ3n) is 1.56. The van der Waals surface area contributed by atoms with E-state index in [1.165, 1.54) is 32.1 Å². The molecule has 75 valence electrons. The Balaban J connectivity index is 0.